The molecule has 0 spiro atoms. The van der Waals surface area contributed by atoms with Gasteiger partial charge >= 0.3 is 0 Å². The summed E-state index contributed by atoms with van der Waals surface area (Å²) in [6.45, 7) is 4.73. The lowest BCUT2D eigenvalue weighted by Crippen LogP contribution is -2.28. The molecule has 280 valence electrons. The minimum absolute atomic E-state index is 0.126. The molecule has 59 heavy (non-hydrogen) atoms. The van der Waals surface area contributed by atoms with Crippen LogP contribution in [0.3, 0.4) is 0 Å². The first-order chi connectivity index (χ1) is 29.0. The number of anilines is 3. The summed E-state index contributed by atoms with van der Waals surface area (Å²) in [7, 11) is 0. The first-order valence-electron chi connectivity index (χ1n) is 20.7. The highest BCUT2D eigenvalue weighted by molar-refractivity contribution is 5.91. The summed E-state index contributed by atoms with van der Waals surface area (Å²) in [5.74, 6) is 0. The van der Waals surface area contributed by atoms with Gasteiger partial charge in [0.25, 0.3) is 0 Å². The fourth-order valence-electron chi connectivity index (χ4n) is 10.1. The van der Waals surface area contributed by atoms with E-state index in [-0.39, 0.29) is 5.41 Å². The molecule has 9 aromatic rings. The Morgan fingerprint density at radius 1 is 0.288 bits per heavy atom. The van der Waals surface area contributed by atoms with Crippen LogP contribution in [0.1, 0.15) is 47.2 Å². The number of hydrogen-bond acceptors (Lipinski definition) is 1. The van der Waals surface area contributed by atoms with E-state index in [2.05, 4.69) is 243 Å². The molecular formula is C58H43N. The van der Waals surface area contributed by atoms with Gasteiger partial charge in [0.05, 0.1) is 5.41 Å². The van der Waals surface area contributed by atoms with Gasteiger partial charge in [0, 0.05) is 22.5 Å². The number of nitrogens with zero attached hydrogens (tertiary/aromatic N) is 1. The minimum atomic E-state index is -0.493. The lowest BCUT2D eigenvalue weighted by atomic mass is 9.67. The second-order valence-corrected chi connectivity index (χ2v) is 16.5. The van der Waals surface area contributed by atoms with Crippen molar-refractivity contribution in [1.29, 1.82) is 0 Å². The molecule has 0 heterocycles. The molecule has 11 rings (SSSR count). The predicted octanol–water partition coefficient (Wildman–Crippen LogP) is 15.2. The van der Waals surface area contributed by atoms with Gasteiger partial charge in [-0.3, -0.25) is 0 Å². The van der Waals surface area contributed by atoms with Gasteiger partial charge in [-0.1, -0.05) is 202 Å². The molecule has 2 aliphatic rings. The Bertz CT molecular complexity index is 2940. The zero-order valence-electron chi connectivity index (χ0n) is 33.3. The highest BCUT2D eigenvalue weighted by Crippen LogP contribution is 2.58. The van der Waals surface area contributed by atoms with Crippen molar-refractivity contribution in [2.24, 2.45) is 0 Å². The Balaban J connectivity index is 1.09. The SMILES string of the molecule is CC1(C)c2ccccc2-c2ccc(N(c3ccc(-c4ccc(-c5ccccc5)cc4)cc3)c3ccc4c(c3)C(c3ccccc3)(c3ccccc3)c3ccccc3-4)cc21. The third-order valence-electron chi connectivity index (χ3n) is 13.0. The molecule has 0 saturated carbocycles. The first kappa shape index (κ1) is 35.0. The van der Waals surface area contributed by atoms with Crippen LogP contribution in [-0.2, 0) is 10.8 Å². The zero-order chi connectivity index (χ0) is 39.6. The van der Waals surface area contributed by atoms with E-state index in [1.165, 1.54) is 77.9 Å². The summed E-state index contributed by atoms with van der Waals surface area (Å²) in [4.78, 5) is 2.46. The third kappa shape index (κ3) is 5.46. The fraction of sp³-hybridized carbons (Fsp3) is 0.0690. The molecule has 0 aliphatic heterocycles. The quantitative estimate of drug-likeness (QED) is 0.157. The van der Waals surface area contributed by atoms with E-state index < -0.39 is 5.41 Å². The van der Waals surface area contributed by atoms with E-state index in [1.807, 2.05) is 0 Å². The standard InChI is InChI=1S/C58H43N/c1-57(2)53-24-14-12-22-49(53)51-36-34-47(38-55(51)57)59(46-32-30-43(31-33-46)42-28-26-41(27-29-42)40-16-6-3-7-17-40)48-35-37-52-50-23-13-15-25-54(50)58(56(52)39-48,44-18-8-4-9-19-44)45-20-10-5-11-21-45/h3-39H,1-2H3. The minimum Gasteiger partial charge on any atom is -0.310 e. The van der Waals surface area contributed by atoms with Crippen molar-refractivity contribution in [2.45, 2.75) is 24.7 Å². The van der Waals surface area contributed by atoms with Crippen molar-refractivity contribution in [3.05, 3.63) is 258 Å². The van der Waals surface area contributed by atoms with E-state index in [0.717, 1.165) is 17.1 Å². The largest absolute Gasteiger partial charge is 0.310 e. The van der Waals surface area contributed by atoms with Gasteiger partial charge in [-0.05, 0) is 114 Å². The lowest BCUT2D eigenvalue weighted by Gasteiger charge is -2.35. The third-order valence-corrected chi connectivity index (χ3v) is 13.0. The molecule has 0 radical (unpaired) electrons. The monoisotopic (exact) mass is 753 g/mol. The van der Waals surface area contributed by atoms with Gasteiger partial charge in [0.15, 0.2) is 0 Å². The molecule has 1 nitrogen and oxygen atoms in total. The number of benzene rings is 9. The van der Waals surface area contributed by atoms with Crippen molar-refractivity contribution in [1.82, 2.24) is 0 Å². The summed E-state index contributed by atoms with van der Waals surface area (Å²) in [5.41, 5.74) is 20.7. The molecule has 0 aromatic heterocycles. The van der Waals surface area contributed by atoms with Gasteiger partial charge in [0.2, 0.25) is 0 Å². The second-order valence-electron chi connectivity index (χ2n) is 16.5. The van der Waals surface area contributed by atoms with Crippen LogP contribution in [0.25, 0.3) is 44.5 Å². The van der Waals surface area contributed by atoms with E-state index in [0.29, 0.717) is 0 Å². The Morgan fingerprint density at radius 2 is 0.661 bits per heavy atom. The summed E-state index contributed by atoms with van der Waals surface area (Å²) in [6, 6.07) is 82.9. The second kappa shape index (κ2) is 13.7. The van der Waals surface area contributed by atoms with Gasteiger partial charge < -0.3 is 4.90 Å². The van der Waals surface area contributed by atoms with Crippen LogP contribution in [0.15, 0.2) is 224 Å². The molecule has 2 aliphatic carbocycles. The number of hydrogen-bond donors (Lipinski definition) is 0. The highest BCUT2D eigenvalue weighted by atomic mass is 15.1. The number of rotatable bonds is 7. The van der Waals surface area contributed by atoms with Gasteiger partial charge in [-0.2, -0.15) is 0 Å². The van der Waals surface area contributed by atoms with Crippen LogP contribution in [-0.4, -0.2) is 0 Å². The van der Waals surface area contributed by atoms with E-state index in [4.69, 9.17) is 0 Å². The average Bonchev–Trinajstić information content (AvgIpc) is 3.73. The van der Waals surface area contributed by atoms with Crippen molar-refractivity contribution in [3.63, 3.8) is 0 Å². The van der Waals surface area contributed by atoms with E-state index >= 15 is 0 Å². The lowest BCUT2D eigenvalue weighted by molar-refractivity contribution is 0.660. The molecule has 1 heteroatoms. The van der Waals surface area contributed by atoms with Crippen molar-refractivity contribution >= 4 is 17.1 Å². The molecule has 0 saturated heterocycles. The molecular weight excluding hydrogens is 711 g/mol. The summed E-state index contributed by atoms with van der Waals surface area (Å²) in [6.07, 6.45) is 0. The average molecular weight is 754 g/mol. The Labute approximate surface area is 347 Å². The fourth-order valence-corrected chi connectivity index (χ4v) is 10.1. The van der Waals surface area contributed by atoms with Crippen LogP contribution in [0, 0.1) is 0 Å². The van der Waals surface area contributed by atoms with Crippen LogP contribution >= 0.6 is 0 Å². The molecule has 9 aromatic carbocycles. The maximum absolute atomic E-state index is 2.47. The number of fused-ring (bicyclic) bond motifs is 6. The smallest absolute Gasteiger partial charge is 0.0714 e. The molecule has 0 atom stereocenters. The summed E-state index contributed by atoms with van der Waals surface area (Å²) in [5, 5.41) is 0. The Morgan fingerprint density at radius 3 is 1.22 bits per heavy atom. The predicted molar refractivity (Wildman–Crippen MR) is 247 cm³/mol. The van der Waals surface area contributed by atoms with Crippen molar-refractivity contribution in [2.75, 3.05) is 4.90 Å². The molecule has 0 fully saturated rings. The van der Waals surface area contributed by atoms with Crippen LogP contribution in [0.2, 0.25) is 0 Å². The Kier molecular flexibility index (Phi) is 8.13. The van der Waals surface area contributed by atoms with Crippen LogP contribution in [0.5, 0.6) is 0 Å². The molecule has 0 bridgehead atoms. The van der Waals surface area contributed by atoms with Gasteiger partial charge in [-0.25, -0.2) is 0 Å². The summed E-state index contributed by atoms with van der Waals surface area (Å²) >= 11 is 0. The van der Waals surface area contributed by atoms with Crippen molar-refractivity contribution < 1.29 is 0 Å². The zero-order valence-corrected chi connectivity index (χ0v) is 33.3. The first-order valence-corrected chi connectivity index (χ1v) is 20.7. The van der Waals surface area contributed by atoms with Gasteiger partial charge in [-0.15, -0.1) is 0 Å². The highest BCUT2D eigenvalue weighted by Gasteiger charge is 2.46. The molecule has 0 N–H and O–H groups in total. The van der Waals surface area contributed by atoms with Crippen LogP contribution < -0.4 is 4.90 Å². The van der Waals surface area contributed by atoms with Crippen molar-refractivity contribution in [3.8, 4) is 44.5 Å². The maximum atomic E-state index is 2.47. The van der Waals surface area contributed by atoms with Gasteiger partial charge in [0.1, 0.15) is 0 Å². The van der Waals surface area contributed by atoms with E-state index in [1.54, 1.807) is 0 Å². The molecule has 0 amide bonds. The topological polar surface area (TPSA) is 3.24 Å². The Hall–Kier alpha value is -7.22. The van der Waals surface area contributed by atoms with Crippen LogP contribution in [0.4, 0.5) is 17.1 Å². The van der Waals surface area contributed by atoms with E-state index in [9.17, 15) is 0 Å². The normalized spacial score (nSPS) is 13.9. The molecule has 0 unspecified atom stereocenters. The maximum Gasteiger partial charge on any atom is 0.0714 e. The summed E-state index contributed by atoms with van der Waals surface area (Å²) < 4.78 is 0.